The highest BCUT2D eigenvalue weighted by Gasteiger charge is 2.18. The van der Waals surface area contributed by atoms with Crippen molar-refractivity contribution in [2.45, 2.75) is 51.2 Å². The number of esters is 1. The summed E-state index contributed by atoms with van der Waals surface area (Å²) >= 11 is 0. The smallest absolute Gasteiger partial charge is 0.302 e. The monoisotopic (exact) mass is 374 g/mol. The molecule has 0 radical (unpaired) electrons. The SMILES string of the molecule is CC(=O)O[C@H](CCc1ccc(O)cc1)C[C@H](O)CCc1ccc(O)c(O)c1. The molecule has 146 valence electrons. The Balaban J connectivity index is 1.86. The van der Waals surface area contributed by atoms with Gasteiger partial charge in [0.15, 0.2) is 11.5 Å². The highest BCUT2D eigenvalue weighted by atomic mass is 16.5. The molecule has 0 amide bonds. The van der Waals surface area contributed by atoms with Gasteiger partial charge in [-0.3, -0.25) is 4.79 Å². The van der Waals surface area contributed by atoms with Crippen LogP contribution in [0, 0.1) is 0 Å². The number of phenols is 3. The molecule has 0 aliphatic heterocycles. The maximum atomic E-state index is 11.4. The third kappa shape index (κ3) is 7.19. The third-order valence-electron chi connectivity index (χ3n) is 4.36. The van der Waals surface area contributed by atoms with Gasteiger partial charge in [0.2, 0.25) is 0 Å². The van der Waals surface area contributed by atoms with Crippen LogP contribution in [0.5, 0.6) is 17.2 Å². The van der Waals surface area contributed by atoms with Crippen LogP contribution in [0.2, 0.25) is 0 Å². The number of benzene rings is 2. The van der Waals surface area contributed by atoms with Gasteiger partial charge in [0, 0.05) is 13.3 Å². The standard InChI is InChI=1S/C21H26O6/c1-14(22)27-19(10-5-15-2-7-17(23)8-3-15)13-18(24)9-4-16-6-11-20(25)21(26)12-16/h2-3,6-8,11-12,18-19,23-26H,4-5,9-10,13H2,1H3/t18-,19-/m1/s1. The number of rotatable bonds is 9. The van der Waals surface area contributed by atoms with E-state index in [1.54, 1.807) is 18.2 Å². The van der Waals surface area contributed by atoms with E-state index < -0.39 is 12.2 Å². The van der Waals surface area contributed by atoms with Crippen LogP contribution in [0.4, 0.5) is 0 Å². The third-order valence-corrected chi connectivity index (χ3v) is 4.36. The Morgan fingerprint density at radius 2 is 1.56 bits per heavy atom. The quantitative estimate of drug-likeness (QED) is 0.397. The molecule has 0 unspecified atom stereocenters. The lowest BCUT2D eigenvalue weighted by Gasteiger charge is -2.20. The van der Waals surface area contributed by atoms with Gasteiger partial charge >= 0.3 is 5.97 Å². The van der Waals surface area contributed by atoms with E-state index in [1.807, 2.05) is 12.1 Å². The van der Waals surface area contributed by atoms with Crippen LogP contribution in [0.1, 0.15) is 37.3 Å². The number of hydrogen-bond acceptors (Lipinski definition) is 6. The zero-order chi connectivity index (χ0) is 19.8. The van der Waals surface area contributed by atoms with Gasteiger partial charge in [0.1, 0.15) is 11.9 Å². The Bertz CT molecular complexity index is 741. The van der Waals surface area contributed by atoms with Crippen molar-refractivity contribution in [3.05, 3.63) is 53.6 Å². The lowest BCUT2D eigenvalue weighted by molar-refractivity contribution is -0.148. The van der Waals surface area contributed by atoms with Gasteiger partial charge in [-0.15, -0.1) is 0 Å². The molecule has 0 aliphatic rings. The highest BCUT2D eigenvalue weighted by Crippen LogP contribution is 2.26. The first-order valence-electron chi connectivity index (χ1n) is 8.97. The average molecular weight is 374 g/mol. The Labute approximate surface area is 158 Å². The van der Waals surface area contributed by atoms with Gasteiger partial charge < -0.3 is 25.2 Å². The molecule has 0 aromatic heterocycles. The van der Waals surface area contributed by atoms with Gasteiger partial charge in [-0.05, 0) is 61.1 Å². The summed E-state index contributed by atoms with van der Waals surface area (Å²) in [5, 5.41) is 38.5. The van der Waals surface area contributed by atoms with Crippen molar-refractivity contribution < 1.29 is 30.0 Å². The fraction of sp³-hybridized carbons (Fsp3) is 0.381. The molecule has 6 nitrogen and oxygen atoms in total. The van der Waals surface area contributed by atoms with Crippen LogP contribution in [-0.4, -0.2) is 38.6 Å². The largest absolute Gasteiger partial charge is 0.508 e. The number of phenolic OH excluding ortho intramolecular Hbond substituents is 3. The summed E-state index contributed by atoms with van der Waals surface area (Å²) in [7, 11) is 0. The van der Waals surface area contributed by atoms with Crippen molar-refractivity contribution in [1.82, 2.24) is 0 Å². The van der Waals surface area contributed by atoms with E-state index in [2.05, 4.69) is 0 Å². The van der Waals surface area contributed by atoms with Crippen molar-refractivity contribution in [3.63, 3.8) is 0 Å². The summed E-state index contributed by atoms with van der Waals surface area (Å²) in [6.45, 7) is 1.35. The van der Waals surface area contributed by atoms with Crippen molar-refractivity contribution >= 4 is 5.97 Å². The molecule has 2 aromatic rings. The van der Waals surface area contributed by atoms with Gasteiger partial charge in [-0.2, -0.15) is 0 Å². The number of ether oxygens (including phenoxy) is 1. The number of aryl methyl sites for hydroxylation is 2. The lowest BCUT2D eigenvalue weighted by Crippen LogP contribution is -2.24. The van der Waals surface area contributed by atoms with Gasteiger partial charge in [-0.1, -0.05) is 18.2 Å². The summed E-state index contributed by atoms with van der Waals surface area (Å²) < 4.78 is 5.33. The zero-order valence-corrected chi connectivity index (χ0v) is 15.3. The second-order valence-electron chi connectivity index (χ2n) is 6.69. The second-order valence-corrected chi connectivity index (χ2v) is 6.69. The summed E-state index contributed by atoms with van der Waals surface area (Å²) in [5.74, 6) is -0.551. The number of aliphatic hydroxyl groups excluding tert-OH is 1. The van der Waals surface area contributed by atoms with Crippen molar-refractivity contribution in [3.8, 4) is 17.2 Å². The number of hydrogen-bond donors (Lipinski definition) is 4. The number of carbonyl (C=O) groups is 1. The summed E-state index contributed by atoms with van der Waals surface area (Å²) in [4.78, 5) is 11.4. The van der Waals surface area contributed by atoms with Crippen LogP contribution in [0.25, 0.3) is 0 Å². The van der Waals surface area contributed by atoms with Crippen LogP contribution >= 0.6 is 0 Å². The van der Waals surface area contributed by atoms with Gasteiger partial charge in [-0.25, -0.2) is 0 Å². The van der Waals surface area contributed by atoms with E-state index in [1.165, 1.54) is 19.1 Å². The molecule has 2 rings (SSSR count). The Kier molecular flexibility index (Phi) is 7.49. The normalized spacial score (nSPS) is 13.1. The first-order chi connectivity index (χ1) is 12.8. The predicted octanol–water partition coefficient (Wildman–Crippen LogP) is 3.05. The topological polar surface area (TPSA) is 107 Å². The highest BCUT2D eigenvalue weighted by molar-refractivity contribution is 5.66. The molecule has 6 heteroatoms. The molecule has 2 aromatic carbocycles. The van der Waals surface area contributed by atoms with E-state index in [0.29, 0.717) is 32.1 Å². The maximum absolute atomic E-state index is 11.4. The minimum absolute atomic E-state index is 0.177. The first kappa shape index (κ1) is 20.6. The number of aliphatic hydroxyl groups is 1. The minimum atomic E-state index is -0.662. The van der Waals surface area contributed by atoms with E-state index in [9.17, 15) is 25.2 Å². The number of aromatic hydroxyl groups is 3. The molecule has 0 heterocycles. The molecule has 2 atom stereocenters. The average Bonchev–Trinajstić information content (AvgIpc) is 2.61. The molecule has 0 bridgehead atoms. The molecule has 4 N–H and O–H groups in total. The van der Waals surface area contributed by atoms with E-state index >= 15 is 0 Å². The van der Waals surface area contributed by atoms with Crippen LogP contribution < -0.4 is 0 Å². The lowest BCUT2D eigenvalue weighted by atomic mass is 9.98. The Morgan fingerprint density at radius 1 is 0.926 bits per heavy atom. The molecule has 0 aliphatic carbocycles. The van der Waals surface area contributed by atoms with Crippen LogP contribution in [0.15, 0.2) is 42.5 Å². The van der Waals surface area contributed by atoms with Crippen molar-refractivity contribution in [1.29, 1.82) is 0 Å². The summed E-state index contributed by atoms with van der Waals surface area (Å²) in [6, 6.07) is 11.4. The molecule has 0 fully saturated rings. The predicted molar refractivity (Wildman–Crippen MR) is 101 cm³/mol. The van der Waals surface area contributed by atoms with Crippen LogP contribution in [0.3, 0.4) is 0 Å². The Hall–Kier alpha value is -2.73. The summed E-state index contributed by atoms with van der Waals surface area (Å²) in [5.41, 5.74) is 1.82. The van der Waals surface area contributed by atoms with Gasteiger partial charge in [0.25, 0.3) is 0 Å². The zero-order valence-electron chi connectivity index (χ0n) is 15.3. The second kappa shape index (κ2) is 9.83. The molecular weight excluding hydrogens is 348 g/mol. The van der Waals surface area contributed by atoms with E-state index in [4.69, 9.17) is 4.74 Å². The molecular formula is C21H26O6. The van der Waals surface area contributed by atoms with Crippen LogP contribution in [-0.2, 0) is 22.4 Å². The molecule has 0 spiro atoms. The fourth-order valence-corrected chi connectivity index (χ4v) is 2.93. The molecule has 0 saturated heterocycles. The van der Waals surface area contributed by atoms with E-state index in [-0.39, 0.29) is 23.2 Å². The molecule has 27 heavy (non-hydrogen) atoms. The first-order valence-corrected chi connectivity index (χ1v) is 8.97. The minimum Gasteiger partial charge on any atom is -0.508 e. The Morgan fingerprint density at radius 3 is 2.19 bits per heavy atom. The maximum Gasteiger partial charge on any atom is 0.302 e. The number of carbonyl (C=O) groups excluding carboxylic acids is 1. The molecule has 0 saturated carbocycles. The van der Waals surface area contributed by atoms with Crippen molar-refractivity contribution in [2.75, 3.05) is 0 Å². The van der Waals surface area contributed by atoms with Gasteiger partial charge in [0.05, 0.1) is 6.10 Å². The van der Waals surface area contributed by atoms with Crippen molar-refractivity contribution in [2.24, 2.45) is 0 Å². The van der Waals surface area contributed by atoms with E-state index in [0.717, 1.165) is 11.1 Å². The fourth-order valence-electron chi connectivity index (χ4n) is 2.93. The summed E-state index contributed by atoms with van der Waals surface area (Å²) in [6.07, 6.45) is 1.46.